The fraction of sp³-hybridized carbons (Fsp3) is 0.227. The monoisotopic (exact) mass is 331 g/mol. The van der Waals surface area contributed by atoms with Gasteiger partial charge in [-0.15, -0.1) is 0 Å². The average Bonchev–Trinajstić information content (AvgIpc) is 3.42. The molecule has 4 rings (SSSR count). The van der Waals surface area contributed by atoms with Crippen molar-refractivity contribution in [1.29, 1.82) is 0 Å². The second-order valence-electron chi connectivity index (χ2n) is 6.87. The van der Waals surface area contributed by atoms with E-state index in [0.717, 1.165) is 24.0 Å². The van der Waals surface area contributed by atoms with Crippen LogP contribution >= 0.6 is 0 Å². The lowest BCUT2D eigenvalue weighted by Crippen LogP contribution is -2.35. The number of aliphatic hydroxyl groups is 1. The first-order chi connectivity index (χ1) is 12.1. The maximum Gasteiger partial charge on any atom is 0.252 e. The largest absolute Gasteiger partial charge is 0.392 e. The smallest absolute Gasteiger partial charge is 0.252 e. The lowest BCUT2D eigenvalue weighted by molar-refractivity contribution is 0.0930. The number of hydrogen-bond donors (Lipinski definition) is 2. The van der Waals surface area contributed by atoms with Crippen LogP contribution in [0.3, 0.4) is 0 Å². The van der Waals surface area contributed by atoms with E-state index in [0.29, 0.717) is 5.56 Å². The lowest BCUT2D eigenvalue weighted by atomic mass is 9.96. The van der Waals surface area contributed by atoms with Crippen LogP contribution in [-0.2, 0) is 12.1 Å². The third kappa shape index (κ3) is 2.81. The number of nitrogens with one attached hydrogen (secondary N) is 1. The van der Waals surface area contributed by atoms with E-state index in [1.807, 2.05) is 31.2 Å². The predicted molar refractivity (Wildman–Crippen MR) is 99.4 cm³/mol. The molecule has 1 aliphatic carbocycles. The van der Waals surface area contributed by atoms with Crippen molar-refractivity contribution in [2.75, 3.05) is 0 Å². The van der Waals surface area contributed by atoms with E-state index in [1.165, 1.54) is 16.3 Å². The molecule has 2 N–H and O–H groups in total. The Morgan fingerprint density at radius 1 is 1.08 bits per heavy atom. The number of benzene rings is 3. The summed E-state index contributed by atoms with van der Waals surface area (Å²) < 4.78 is 0. The van der Waals surface area contributed by atoms with Crippen molar-refractivity contribution >= 4 is 16.7 Å². The maximum atomic E-state index is 12.9. The molecule has 1 aliphatic rings. The molecule has 0 heterocycles. The van der Waals surface area contributed by atoms with Crippen LogP contribution in [0, 0.1) is 6.92 Å². The fourth-order valence-electron chi connectivity index (χ4n) is 3.53. The third-order valence-electron chi connectivity index (χ3n) is 5.14. The summed E-state index contributed by atoms with van der Waals surface area (Å²) >= 11 is 0. The number of aliphatic hydroxyl groups excluding tert-OH is 1. The summed E-state index contributed by atoms with van der Waals surface area (Å²) in [5.74, 6) is -0.0711. The zero-order valence-corrected chi connectivity index (χ0v) is 14.3. The number of amides is 1. The fourth-order valence-corrected chi connectivity index (χ4v) is 3.53. The Balaban J connectivity index is 1.69. The van der Waals surface area contributed by atoms with Crippen molar-refractivity contribution in [1.82, 2.24) is 5.32 Å². The topological polar surface area (TPSA) is 49.3 Å². The van der Waals surface area contributed by atoms with Gasteiger partial charge in [-0.2, -0.15) is 0 Å². The van der Waals surface area contributed by atoms with Gasteiger partial charge in [-0.3, -0.25) is 4.79 Å². The molecule has 0 aromatic heterocycles. The summed E-state index contributed by atoms with van der Waals surface area (Å²) in [7, 11) is 0. The second-order valence-corrected chi connectivity index (χ2v) is 6.87. The first-order valence-electron chi connectivity index (χ1n) is 8.64. The molecule has 126 valence electrons. The molecule has 0 saturated heterocycles. The van der Waals surface area contributed by atoms with Crippen LogP contribution < -0.4 is 5.32 Å². The number of rotatable bonds is 4. The summed E-state index contributed by atoms with van der Waals surface area (Å²) in [5, 5.41) is 15.0. The van der Waals surface area contributed by atoms with Crippen LogP contribution in [-0.4, -0.2) is 11.0 Å². The number of fused-ring (bicyclic) bond motifs is 1. The molecule has 3 nitrogen and oxygen atoms in total. The van der Waals surface area contributed by atoms with E-state index in [1.54, 1.807) is 6.07 Å². The van der Waals surface area contributed by atoms with Crippen molar-refractivity contribution in [3.05, 3.63) is 82.9 Å². The van der Waals surface area contributed by atoms with Crippen molar-refractivity contribution in [3.8, 4) is 0 Å². The van der Waals surface area contributed by atoms with Gasteiger partial charge >= 0.3 is 0 Å². The highest BCUT2D eigenvalue weighted by molar-refractivity contribution is 5.97. The van der Waals surface area contributed by atoms with Crippen molar-refractivity contribution in [3.63, 3.8) is 0 Å². The Morgan fingerprint density at radius 3 is 2.60 bits per heavy atom. The van der Waals surface area contributed by atoms with Gasteiger partial charge in [0, 0.05) is 5.56 Å². The molecule has 0 unspecified atom stereocenters. The van der Waals surface area contributed by atoms with Gasteiger partial charge in [-0.25, -0.2) is 0 Å². The molecular weight excluding hydrogens is 310 g/mol. The van der Waals surface area contributed by atoms with Crippen LogP contribution in [0.25, 0.3) is 10.8 Å². The molecule has 3 aromatic rings. The quantitative estimate of drug-likeness (QED) is 0.757. The number of hydrogen-bond acceptors (Lipinski definition) is 2. The van der Waals surface area contributed by atoms with Gasteiger partial charge in [0.25, 0.3) is 5.91 Å². The molecule has 0 spiro atoms. The van der Waals surface area contributed by atoms with Crippen molar-refractivity contribution in [2.24, 2.45) is 0 Å². The van der Waals surface area contributed by atoms with Gasteiger partial charge in [-0.1, -0.05) is 54.6 Å². The molecule has 0 bridgehead atoms. The van der Waals surface area contributed by atoms with Crippen molar-refractivity contribution in [2.45, 2.75) is 31.9 Å². The second kappa shape index (κ2) is 6.01. The van der Waals surface area contributed by atoms with Crippen LogP contribution in [0.4, 0.5) is 0 Å². The molecular formula is C22H21NO2. The molecule has 1 saturated carbocycles. The highest BCUT2D eigenvalue weighted by atomic mass is 16.3. The zero-order chi connectivity index (χ0) is 17.4. The summed E-state index contributed by atoms with van der Waals surface area (Å²) in [5.41, 5.74) is 3.22. The lowest BCUT2D eigenvalue weighted by Gasteiger charge is -2.21. The number of carbonyl (C=O) groups excluding carboxylic acids is 1. The number of carbonyl (C=O) groups is 1. The molecule has 3 heteroatoms. The molecule has 1 fully saturated rings. The summed E-state index contributed by atoms with van der Waals surface area (Å²) in [6.45, 7) is 1.86. The van der Waals surface area contributed by atoms with E-state index in [2.05, 4.69) is 35.6 Å². The van der Waals surface area contributed by atoms with Gasteiger partial charge in [0.2, 0.25) is 0 Å². The normalized spacial score (nSPS) is 15.1. The molecule has 3 aromatic carbocycles. The Kier molecular flexibility index (Phi) is 3.81. The van der Waals surface area contributed by atoms with Gasteiger partial charge in [0.1, 0.15) is 0 Å². The zero-order valence-electron chi connectivity index (χ0n) is 14.3. The van der Waals surface area contributed by atoms with E-state index in [-0.39, 0.29) is 18.1 Å². The molecule has 1 amide bonds. The number of aryl methyl sites for hydroxylation is 1. The average molecular weight is 331 g/mol. The van der Waals surface area contributed by atoms with Crippen LogP contribution in [0.5, 0.6) is 0 Å². The van der Waals surface area contributed by atoms with Gasteiger partial charge in [0.15, 0.2) is 0 Å². The van der Waals surface area contributed by atoms with E-state index < -0.39 is 0 Å². The predicted octanol–water partition coefficient (Wildman–Crippen LogP) is 4.06. The summed E-state index contributed by atoms with van der Waals surface area (Å²) in [4.78, 5) is 12.9. The minimum absolute atomic E-state index is 0.0605. The third-order valence-corrected chi connectivity index (χ3v) is 5.14. The Hall–Kier alpha value is -2.65. The first kappa shape index (κ1) is 15.9. The summed E-state index contributed by atoms with van der Waals surface area (Å²) in [6, 6.07) is 20.1. The van der Waals surface area contributed by atoms with E-state index in [4.69, 9.17) is 0 Å². The molecule has 25 heavy (non-hydrogen) atoms. The van der Waals surface area contributed by atoms with Gasteiger partial charge in [-0.05, 0) is 53.3 Å². The summed E-state index contributed by atoms with van der Waals surface area (Å²) in [6.07, 6.45) is 1.90. The Bertz CT molecular complexity index is 952. The van der Waals surface area contributed by atoms with Crippen LogP contribution in [0.1, 0.15) is 39.9 Å². The minimum Gasteiger partial charge on any atom is -0.392 e. The standard InChI is InChI=1S/C22H21NO2/c1-15-9-10-16(14-24)13-19(15)21(25)23-22(11-12-22)20-8-4-6-17-5-2-3-7-18(17)20/h2-10,13,24H,11-12,14H2,1H3,(H,23,25). The molecule has 0 aliphatic heterocycles. The van der Waals surface area contributed by atoms with Crippen LogP contribution in [0.2, 0.25) is 0 Å². The maximum absolute atomic E-state index is 12.9. The molecule has 0 atom stereocenters. The minimum atomic E-state index is -0.278. The first-order valence-corrected chi connectivity index (χ1v) is 8.64. The highest BCUT2D eigenvalue weighted by Crippen LogP contribution is 2.48. The SMILES string of the molecule is Cc1ccc(CO)cc1C(=O)NC1(c2cccc3ccccc23)CC1. The van der Waals surface area contributed by atoms with Crippen LogP contribution in [0.15, 0.2) is 60.7 Å². The van der Waals surface area contributed by atoms with Gasteiger partial charge in [0.05, 0.1) is 12.1 Å². The Labute approximate surface area is 147 Å². The van der Waals surface area contributed by atoms with Crippen molar-refractivity contribution < 1.29 is 9.90 Å². The van der Waals surface area contributed by atoms with E-state index in [9.17, 15) is 9.90 Å². The molecule has 0 radical (unpaired) electrons. The highest BCUT2D eigenvalue weighted by Gasteiger charge is 2.46. The van der Waals surface area contributed by atoms with Gasteiger partial charge < -0.3 is 10.4 Å². The Morgan fingerprint density at radius 2 is 1.84 bits per heavy atom. The van der Waals surface area contributed by atoms with E-state index >= 15 is 0 Å².